The lowest BCUT2D eigenvalue weighted by Gasteiger charge is -2.32. The molecule has 0 saturated heterocycles. The lowest BCUT2D eigenvalue weighted by molar-refractivity contribution is 0.0698. The highest BCUT2D eigenvalue weighted by Gasteiger charge is 2.24. The van der Waals surface area contributed by atoms with E-state index >= 15 is 0 Å². The molecule has 2 N–H and O–H groups in total. The predicted molar refractivity (Wildman–Crippen MR) is 78.1 cm³/mol. The number of hydrogen-bond acceptors (Lipinski definition) is 2. The zero-order chi connectivity index (χ0) is 13.8. The van der Waals surface area contributed by atoms with Crippen LogP contribution in [0, 0.1) is 5.92 Å². The van der Waals surface area contributed by atoms with Crippen LogP contribution in [0.4, 0.5) is 5.69 Å². The Labute approximate surface area is 119 Å². The molecule has 1 aromatic carbocycles. The van der Waals surface area contributed by atoms with Crippen molar-refractivity contribution in [3.05, 3.63) is 28.8 Å². The molecule has 1 aliphatic rings. The Hall–Kier alpha value is -1.22. The maximum Gasteiger partial charge on any atom is 0.337 e. The normalized spacial score (nSPS) is 23.1. The van der Waals surface area contributed by atoms with Gasteiger partial charge in [0.1, 0.15) is 0 Å². The molecule has 2 unspecified atom stereocenters. The molecule has 2 rings (SSSR count). The third-order valence-corrected chi connectivity index (χ3v) is 4.22. The number of benzene rings is 1. The fourth-order valence-corrected chi connectivity index (χ4v) is 3.08. The second-order valence-corrected chi connectivity index (χ2v) is 5.64. The van der Waals surface area contributed by atoms with Crippen molar-refractivity contribution >= 4 is 23.3 Å². The van der Waals surface area contributed by atoms with Crippen LogP contribution in [0.1, 0.15) is 49.4 Å². The van der Waals surface area contributed by atoms with Crippen LogP contribution in [-0.2, 0) is 0 Å². The van der Waals surface area contributed by atoms with Crippen molar-refractivity contribution in [1.29, 1.82) is 0 Å². The topological polar surface area (TPSA) is 49.3 Å². The highest BCUT2D eigenvalue weighted by Crippen LogP contribution is 2.31. The van der Waals surface area contributed by atoms with Crippen molar-refractivity contribution in [2.75, 3.05) is 5.32 Å². The number of rotatable bonds is 4. The number of aromatic carboxylic acids is 1. The standard InChI is InChI=1S/C15H20ClNO2/c1-2-10-5-3-4-6-13(10)17-14-9-11(16)7-8-12(14)15(18)19/h7-10,13,17H,2-6H2,1H3,(H,18,19). The van der Waals surface area contributed by atoms with E-state index in [1.165, 1.54) is 19.3 Å². The van der Waals surface area contributed by atoms with Crippen LogP contribution in [0.2, 0.25) is 5.02 Å². The van der Waals surface area contributed by atoms with E-state index in [-0.39, 0.29) is 0 Å². The van der Waals surface area contributed by atoms with Gasteiger partial charge in [-0.1, -0.05) is 37.8 Å². The van der Waals surface area contributed by atoms with Gasteiger partial charge in [-0.2, -0.15) is 0 Å². The van der Waals surface area contributed by atoms with E-state index in [0.717, 1.165) is 12.8 Å². The predicted octanol–water partition coefficient (Wildman–Crippen LogP) is 4.42. The third kappa shape index (κ3) is 3.41. The fraction of sp³-hybridized carbons (Fsp3) is 0.533. The molecule has 0 aromatic heterocycles. The monoisotopic (exact) mass is 281 g/mol. The third-order valence-electron chi connectivity index (χ3n) is 3.99. The number of nitrogens with one attached hydrogen (secondary N) is 1. The molecule has 19 heavy (non-hydrogen) atoms. The van der Waals surface area contributed by atoms with Gasteiger partial charge in [0.15, 0.2) is 0 Å². The molecule has 2 atom stereocenters. The SMILES string of the molecule is CCC1CCCCC1Nc1cc(Cl)ccc1C(=O)O. The maximum absolute atomic E-state index is 11.2. The van der Waals surface area contributed by atoms with Gasteiger partial charge in [0.05, 0.1) is 11.3 Å². The number of halogens is 1. The first-order chi connectivity index (χ1) is 9.11. The largest absolute Gasteiger partial charge is 0.478 e. The molecule has 4 heteroatoms. The molecule has 1 saturated carbocycles. The smallest absolute Gasteiger partial charge is 0.337 e. The highest BCUT2D eigenvalue weighted by atomic mass is 35.5. The van der Waals surface area contributed by atoms with Gasteiger partial charge in [0.25, 0.3) is 0 Å². The second-order valence-electron chi connectivity index (χ2n) is 5.20. The van der Waals surface area contributed by atoms with Crippen molar-refractivity contribution in [2.45, 2.75) is 45.1 Å². The molecular formula is C15H20ClNO2. The number of carboxylic acid groups (broad SMARTS) is 1. The first-order valence-electron chi connectivity index (χ1n) is 6.91. The van der Waals surface area contributed by atoms with Crippen LogP contribution in [-0.4, -0.2) is 17.1 Å². The van der Waals surface area contributed by atoms with Gasteiger partial charge in [-0.05, 0) is 37.0 Å². The van der Waals surface area contributed by atoms with E-state index in [4.69, 9.17) is 11.6 Å². The Morgan fingerprint density at radius 2 is 2.16 bits per heavy atom. The van der Waals surface area contributed by atoms with Crippen LogP contribution in [0.3, 0.4) is 0 Å². The van der Waals surface area contributed by atoms with E-state index in [9.17, 15) is 9.90 Å². The zero-order valence-electron chi connectivity index (χ0n) is 11.2. The molecule has 1 fully saturated rings. The Bertz CT molecular complexity index is 461. The average Bonchev–Trinajstić information content (AvgIpc) is 2.39. The summed E-state index contributed by atoms with van der Waals surface area (Å²) in [6.45, 7) is 2.20. The molecule has 1 aliphatic carbocycles. The lowest BCUT2D eigenvalue weighted by atomic mass is 9.82. The van der Waals surface area contributed by atoms with Gasteiger partial charge in [-0.3, -0.25) is 0 Å². The minimum absolute atomic E-state index is 0.296. The van der Waals surface area contributed by atoms with Crippen molar-refractivity contribution in [3.8, 4) is 0 Å². The molecule has 0 aliphatic heterocycles. The van der Waals surface area contributed by atoms with Gasteiger partial charge >= 0.3 is 5.97 Å². The maximum atomic E-state index is 11.2. The molecular weight excluding hydrogens is 262 g/mol. The summed E-state index contributed by atoms with van der Waals surface area (Å²) in [4.78, 5) is 11.2. The number of carboxylic acids is 1. The average molecular weight is 282 g/mol. The quantitative estimate of drug-likeness (QED) is 0.859. The van der Waals surface area contributed by atoms with Crippen LogP contribution in [0.5, 0.6) is 0 Å². The molecule has 0 radical (unpaired) electrons. The second kappa shape index (κ2) is 6.29. The van der Waals surface area contributed by atoms with E-state index in [0.29, 0.717) is 28.2 Å². The molecule has 1 aromatic rings. The zero-order valence-corrected chi connectivity index (χ0v) is 11.9. The Kier molecular flexibility index (Phi) is 4.70. The lowest BCUT2D eigenvalue weighted by Crippen LogP contribution is -2.32. The Balaban J connectivity index is 2.21. The molecule has 104 valence electrons. The van der Waals surface area contributed by atoms with E-state index in [1.54, 1.807) is 18.2 Å². The van der Waals surface area contributed by atoms with Crippen molar-refractivity contribution in [3.63, 3.8) is 0 Å². The van der Waals surface area contributed by atoms with Gasteiger partial charge in [-0.15, -0.1) is 0 Å². The highest BCUT2D eigenvalue weighted by molar-refractivity contribution is 6.31. The number of anilines is 1. The van der Waals surface area contributed by atoms with E-state index in [2.05, 4.69) is 12.2 Å². The summed E-state index contributed by atoms with van der Waals surface area (Å²) in [6.07, 6.45) is 5.93. The van der Waals surface area contributed by atoms with Gasteiger partial charge in [0.2, 0.25) is 0 Å². The summed E-state index contributed by atoms with van der Waals surface area (Å²) in [5.41, 5.74) is 0.940. The summed E-state index contributed by atoms with van der Waals surface area (Å²) in [5, 5.41) is 13.2. The van der Waals surface area contributed by atoms with Crippen LogP contribution in [0.15, 0.2) is 18.2 Å². The Morgan fingerprint density at radius 3 is 2.84 bits per heavy atom. The first-order valence-corrected chi connectivity index (χ1v) is 7.29. The number of hydrogen-bond donors (Lipinski definition) is 2. The summed E-state index contributed by atoms with van der Waals surface area (Å²) < 4.78 is 0. The van der Waals surface area contributed by atoms with Gasteiger partial charge in [0, 0.05) is 11.1 Å². The minimum Gasteiger partial charge on any atom is -0.478 e. The molecule has 3 nitrogen and oxygen atoms in total. The summed E-state index contributed by atoms with van der Waals surface area (Å²) in [5.74, 6) is -0.294. The van der Waals surface area contributed by atoms with Gasteiger partial charge in [-0.25, -0.2) is 4.79 Å². The minimum atomic E-state index is -0.914. The van der Waals surface area contributed by atoms with Gasteiger partial charge < -0.3 is 10.4 Å². The summed E-state index contributed by atoms with van der Waals surface area (Å²) >= 11 is 5.98. The molecule has 0 spiro atoms. The van der Waals surface area contributed by atoms with Crippen molar-refractivity contribution in [2.24, 2.45) is 5.92 Å². The van der Waals surface area contributed by atoms with Crippen molar-refractivity contribution < 1.29 is 9.90 Å². The molecule has 0 amide bonds. The number of carbonyl (C=O) groups is 1. The first kappa shape index (κ1) is 14.2. The summed E-state index contributed by atoms with van der Waals surface area (Å²) in [6, 6.07) is 5.26. The van der Waals surface area contributed by atoms with Crippen LogP contribution >= 0.6 is 11.6 Å². The Morgan fingerprint density at radius 1 is 1.42 bits per heavy atom. The fourth-order valence-electron chi connectivity index (χ4n) is 2.91. The molecule has 0 bridgehead atoms. The summed E-state index contributed by atoms with van der Waals surface area (Å²) in [7, 11) is 0. The van der Waals surface area contributed by atoms with E-state index < -0.39 is 5.97 Å². The van der Waals surface area contributed by atoms with Crippen molar-refractivity contribution in [1.82, 2.24) is 0 Å². The molecule has 0 heterocycles. The van der Waals surface area contributed by atoms with Crippen LogP contribution < -0.4 is 5.32 Å². The van der Waals surface area contributed by atoms with Crippen LogP contribution in [0.25, 0.3) is 0 Å². The van der Waals surface area contributed by atoms with E-state index in [1.807, 2.05) is 0 Å².